The molecule has 9 heteroatoms. The van der Waals surface area contributed by atoms with Crippen molar-refractivity contribution in [2.45, 2.75) is 23.0 Å². The van der Waals surface area contributed by atoms with Crippen LogP contribution < -0.4 is 10.1 Å². The Morgan fingerprint density at radius 1 is 1.23 bits per heavy atom. The van der Waals surface area contributed by atoms with Gasteiger partial charge in [0, 0.05) is 27.9 Å². The van der Waals surface area contributed by atoms with Gasteiger partial charge in [0.15, 0.2) is 0 Å². The Morgan fingerprint density at radius 2 is 2.06 bits per heavy atom. The summed E-state index contributed by atoms with van der Waals surface area (Å²) in [7, 11) is -1.27. The van der Waals surface area contributed by atoms with E-state index in [4.69, 9.17) is 21.1 Å². The smallest absolute Gasteiger partial charge is 0.227 e. The van der Waals surface area contributed by atoms with Crippen molar-refractivity contribution in [3.63, 3.8) is 0 Å². The molecule has 0 bridgehead atoms. The van der Waals surface area contributed by atoms with E-state index in [0.717, 1.165) is 29.3 Å². The number of methoxy groups -OCH3 is 1. The molecule has 2 aromatic carbocycles. The van der Waals surface area contributed by atoms with E-state index in [9.17, 15) is 4.21 Å². The molecule has 0 radical (unpaired) electrons. The minimum Gasteiger partial charge on any atom is -0.495 e. The number of fused-ring (bicyclic) bond motifs is 1. The first-order valence-electron chi connectivity index (χ1n) is 9.78. The predicted molar refractivity (Wildman–Crippen MR) is 123 cm³/mol. The van der Waals surface area contributed by atoms with E-state index in [-0.39, 0.29) is 5.25 Å². The van der Waals surface area contributed by atoms with E-state index in [0.29, 0.717) is 33.0 Å². The maximum absolute atomic E-state index is 12.7. The molecule has 7 nitrogen and oxygen atoms in total. The van der Waals surface area contributed by atoms with Gasteiger partial charge in [-0.15, -0.1) is 0 Å². The first-order chi connectivity index (χ1) is 15.0. The van der Waals surface area contributed by atoms with Crippen molar-refractivity contribution < 1.29 is 8.95 Å². The van der Waals surface area contributed by atoms with E-state index in [1.54, 1.807) is 24.4 Å². The Bertz CT molecular complexity index is 1400. The summed E-state index contributed by atoms with van der Waals surface area (Å²) >= 11 is 6.39. The van der Waals surface area contributed by atoms with Crippen molar-refractivity contribution in [3.05, 3.63) is 59.9 Å². The highest BCUT2D eigenvalue weighted by Gasteiger charge is 2.34. The number of rotatable bonds is 6. The first-order valence-corrected chi connectivity index (χ1v) is 11.8. The summed E-state index contributed by atoms with van der Waals surface area (Å²) in [5.74, 6) is 0.834. The third-order valence-corrected chi connectivity index (χ3v) is 7.98. The largest absolute Gasteiger partial charge is 0.495 e. The molecule has 5 rings (SSSR count). The monoisotopic (exact) mass is 453 g/mol. The minimum absolute atomic E-state index is 0.0597. The molecular weight excluding hydrogens is 434 g/mol. The van der Waals surface area contributed by atoms with E-state index in [1.807, 2.05) is 30.5 Å². The van der Waals surface area contributed by atoms with Gasteiger partial charge >= 0.3 is 0 Å². The summed E-state index contributed by atoms with van der Waals surface area (Å²) in [6, 6.07) is 13.1. The van der Waals surface area contributed by atoms with Crippen LogP contribution >= 0.6 is 11.6 Å². The zero-order valence-electron chi connectivity index (χ0n) is 16.7. The summed E-state index contributed by atoms with van der Waals surface area (Å²) in [5, 5.41) is 4.60. The highest BCUT2D eigenvalue weighted by atomic mass is 35.5. The Balaban J connectivity index is 1.48. The zero-order valence-corrected chi connectivity index (χ0v) is 18.3. The second kappa shape index (κ2) is 7.55. The number of hydrogen-bond donors (Lipinski definition) is 3. The van der Waals surface area contributed by atoms with Crippen LogP contribution in [0.3, 0.4) is 0 Å². The average molecular weight is 454 g/mol. The normalized spacial score (nSPS) is 15.5. The number of hydrogen-bond acceptors (Lipinski definition) is 6. The van der Waals surface area contributed by atoms with Gasteiger partial charge in [-0.3, -0.25) is 0 Å². The summed E-state index contributed by atoms with van der Waals surface area (Å²) in [4.78, 5) is 12.5. The van der Waals surface area contributed by atoms with Gasteiger partial charge in [0.05, 0.1) is 44.3 Å². The highest BCUT2D eigenvalue weighted by molar-refractivity contribution is 7.93. The van der Waals surface area contributed by atoms with Crippen molar-refractivity contribution in [3.8, 4) is 17.0 Å². The summed E-state index contributed by atoms with van der Waals surface area (Å²) in [6.45, 7) is 0. The Labute approximate surface area is 184 Å². The molecule has 0 aliphatic heterocycles. The fourth-order valence-corrected chi connectivity index (χ4v) is 5.44. The topological polar surface area (TPSA) is 104 Å². The van der Waals surface area contributed by atoms with Crippen LogP contribution in [0.25, 0.3) is 22.2 Å². The molecule has 158 valence electrons. The molecule has 2 aromatic heterocycles. The molecule has 2 heterocycles. The van der Waals surface area contributed by atoms with Crippen LogP contribution in [0.4, 0.5) is 11.6 Å². The van der Waals surface area contributed by atoms with Crippen LogP contribution in [0.1, 0.15) is 12.8 Å². The fraction of sp³-hybridized carbons (Fsp3) is 0.182. The number of aromatic nitrogens is 3. The van der Waals surface area contributed by atoms with Crippen molar-refractivity contribution in [1.29, 1.82) is 4.78 Å². The number of ether oxygens (including phenoxy) is 1. The molecule has 1 fully saturated rings. The van der Waals surface area contributed by atoms with E-state index in [1.165, 1.54) is 7.11 Å². The number of nitrogens with zero attached hydrogens (tertiary/aromatic N) is 2. The quantitative estimate of drug-likeness (QED) is 0.352. The summed E-state index contributed by atoms with van der Waals surface area (Å²) < 4.78 is 26.5. The number of anilines is 2. The van der Waals surface area contributed by atoms with Gasteiger partial charge in [-0.2, -0.15) is 0 Å². The predicted octanol–water partition coefficient (Wildman–Crippen LogP) is 5.60. The molecule has 1 aliphatic rings. The molecule has 0 spiro atoms. The van der Waals surface area contributed by atoms with Crippen LogP contribution in [-0.2, 0) is 9.73 Å². The van der Waals surface area contributed by atoms with Crippen LogP contribution in [0.15, 0.2) is 59.8 Å². The van der Waals surface area contributed by atoms with Crippen molar-refractivity contribution in [2.24, 2.45) is 0 Å². The molecule has 1 saturated carbocycles. The maximum atomic E-state index is 12.7. The number of benzene rings is 2. The average Bonchev–Trinajstić information content (AvgIpc) is 3.54. The van der Waals surface area contributed by atoms with Gasteiger partial charge in [-0.1, -0.05) is 17.7 Å². The number of H-pyrrole nitrogens is 1. The molecule has 0 amide bonds. The lowest BCUT2D eigenvalue weighted by Crippen LogP contribution is -2.06. The first kappa shape index (κ1) is 19.8. The second-order valence-corrected chi connectivity index (χ2v) is 10.2. The van der Waals surface area contributed by atoms with E-state index >= 15 is 0 Å². The van der Waals surface area contributed by atoms with E-state index < -0.39 is 9.73 Å². The minimum atomic E-state index is -2.81. The molecule has 1 unspecified atom stereocenters. The lowest BCUT2D eigenvalue weighted by atomic mass is 10.1. The lowest BCUT2D eigenvalue weighted by Gasteiger charge is -2.14. The lowest BCUT2D eigenvalue weighted by molar-refractivity contribution is 0.415. The van der Waals surface area contributed by atoms with Crippen LogP contribution in [0.5, 0.6) is 5.75 Å². The molecule has 0 saturated heterocycles. The van der Waals surface area contributed by atoms with Gasteiger partial charge in [0.1, 0.15) is 5.75 Å². The van der Waals surface area contributed by atoms with Gasteiger partial charge in [-0.25, -0.2) is 19.0 Å². The number of halogens is 1. The van der Waals surface area contributed by atoms with E-state index in [2.05, 4.69) is 20.3 Å². The zero-order chi connectivity index (χ0) is 21.6. The Kier molecular flexibility index (Phi) is 4.83. The van der Waals surface area contributed by atoms with Gasteiger partial charge in [-0.05, 0) is 49.2 Å². The van der Waals surface area contributed by atoms with Crippen molar-refractivity contribution in [2.75, 3.05) is 12.4 Å². The number of nitrogens with one attached hydrogen (secondary N) is 3. The molecular formula is C22H20ClN5O2S. The molecule has 3 N–H and O–H groups in total. The SMILES string of the molecule is COc1cc(S(=N)(=O)C2CC2)ccc1Nc1ncc(Cl)c(-c2ccc3[nH]ccc3c2)n1. The fourth-order valence-electron chi connectivity index (χ4n) is 3.51. The Hall–Kier alpha value is -3.10. The standard InChI is InChI=1S/C22H20ClN5O2S/c1-30-20-11-16(31(24,29)15-3-4-15)5-7-19(20)27-22-26-12-17(23)21(28-22)14-2-6-18-13(10-14)8-9-25-18/h2,5-12,15,24-25H,3-4H2,1H3,(H,26,27,28). The van der Waals surface area contributed by atoms with Crippen LogP contribution in [-0.4, -0.2) is 31.5 Å². The summed E-state index contributed by atoms with van der Waals surface area (Å²) in [5.41, 5.74) is 3.14. The van der Waals surface area contributed by atoms with Crippen LogP contribution in [0.2, 0.25) is 5.02 Å². The third kappa shape index (κ3) is 3.73. The van der Waals surface area contributed by atoms with Crippen molar-refractivity contribution >= 4 is 43.9 Å². The van der Waals surface area contributed by atoms with Crippen LogP contribution in [0, 0.1) is 4.78 Å². The highest BCUT2D eigenvalue weighted by Crippen LogP contribution is 2.38. The third-order valence-electron chi connectivity index (χ3n) is 5.33. The molecule has 4 aromatic rings. The number of aromatic amines is 1. The maximum Gasteiger partial charge on any atom is 0.227 e. The van der Waals surface area contributed by atoms with Gasteiger partial charge in [0.2, 0.25) is 5.95 Å². The Morgan fingerprint density at radius 3 is 2.84 bits per heavy atom. The second-order valence-electron chi connectivity index (χ2n) is 7.46. The molecule has 1 atom stereocenters. The van der Waals surface area contributed by atoms with Crippen molar-refractivity contribution in [1.82, 2.24) is 15.0 Å². The summed E-state index contributed by atoms with van der Waals surface area (Å²) in [6.07, 6.45) is 5.11. The van der Waals surface area contributed by atoms with Gasteiger partial charge in [0.25, 0.3) is 0 Å². The molecule has 31 heavy (non-hydrogen) atoms. The molecule has 1 aliphatic carbocycles. The van der Waals surface area contributed by atoms with Gasteiger partial charge < -0.3 is 15.0 Å².